The van der Waals surface area contributed by atoms with E-state index in [1.807, 2.05) is 53.4 Å². The van der Waals surface area contributed by atoms with Gasteiger partial charge in [-0.05, 0) is 41.8 Å². The highest BCUT2D eigenvalue weighted by Gasteiger charge is 2.24. The van der Waals surface area contributed by atoms with Crippen molar-refractivity contribution < 1.29 is 23.1 Å². The number of ether oxygens (including phenoxy) is 1. The fourth-order valence-electron chi connectivity index (χ4n) is 4.88. The van der Waals surface area contributed by atoms with Crippen molar-refractivity contribution in [3.8, 4) is 11.5 Å². The zero-order chi connectivity index (χ0) is 26.1. The van der Waals surface area contributed by atoms with Gasteiger partial charge in [0, 0.05) is 37.1 Å². The fraction of sp³-hybridized carbons (Fsp3) is 0.167. The molecule has 8 heteroatoms. The number of carbonyl (C=O) groups is 2. The van der Waals surface area contributed by atoms with Gasteiger partial charge in [-0.15, -0.1) is 0 Å². The van der Waals surface area contributed by atoms with Crippen LogP contribution >= 0.6 is 0 Å². The molecule has 1 fully saturated rings. The largest absolute Gasteiger partial charge is 0.452 e. The van der Waals surface area contributed by atoms with E-state index in [0.717, 1.165) is 10.9 Å². The summed E-state index contributed by atoms with van der Waals surface area (Å²) in [6.07, 6.45) is 0. The monoisotopic (exact) mass is 509 g/mol. The van der Waals surface area contributed by atoms with Gasteiger partial charge in [0.15, 0.2) is 12.2 Å². The Hall–Kier alpha value is -4.72. The number of amides is 1. The number of oxazole rings is 1. The highest BCUT2D eigenvalue weighted by molar-refractivity contribution is 6.10. The highest BCUT2D eigenvalue weighted by atomic mass is 19.1. The molecule has 4 aromatic carbocycles. The minimum Gasteiger partial charge on any atom is -0.452 e. The molecule has 0 unspecified atom stereocenters. The first-order valence-corrected chi connectivity index (χ1v) is 12.4. The molecule has 7 nitrogen and oxygen atoms in total. The molecule has 6 rings (SSSR count). The molecule has 190 valence electrons. The zero-order valence-corrected chi connectivity index (χ0v) is 20.5. The van der Waals surface area contributed by atoms with E-state index in [9.17, 15) is 14.0 Å². The van der Waals surface area contributed by atoms with Crippen LogP contribution in [0, 0.1) is 5.82 Å². The number of aromatic nitrogens is 1. The van der Waals surface area contributed by atoms with Crippen LogP contribution < -0.4 is 4.90 Å². The Bertz CT molecular complexity index is 1620. The van der Waals surface area contributed by atoms with Crippen LogP contribution in [0.25, 0.3) is 33.3 Å². The number of halogens is 1. The van der Waals surface area contributed by atoms with E-state index < -0.39 is 5.97 Å². The Labute approximate surface area is 218 Å². The van der Waals surface area contributed by atoms with Crippen LogP contribution in [0.1, 0.15) is 10.4 Å². The molecule has 0 aliphatic carbocycles. The van der Waals surface area contributed by atoms with Crippen molar-refractivity contribution >= 4 is 39.4 Å². The molecule has 0 bridgehead atoms. The quantitative estimate of drug-likeness (QED) is 0.300. The second kappa shape index (κ2) is 9.97. The lowest BCUT2D eigenvalue weighted by Crippen LogP contribution is -2.50. The maximum atomic E-state index is 14.1. The fourth-order valence-corrected chi connectivity index (χ4v) is 4.88. The summed E-state index contributed by atoms with van der Waals surface area (Å²) in [4.78, 5) is 34.2. The van der Waals surface area contributed by atoms with Gasteiger partial charge in [-0.25, -0.2) is 14.2 Å². The van der Waals surface area contributed by atoms with Gasteiger partial charge >= 0.3 is 5.97 Å². The van der Waals surface area contributed by atoms with Gasteiger partial charge in [0.25, 0.3) is 5.91 Å². The van der Waals surface area contributed by atoms with Crippen molar-refractivity contribution in [2.24, 2.45) is 0 Å². The summed E-state index contributed by atoms with van der Waals surface area (Å²) in [7, 11) is 0. The first-order chi connectivity index (χ1) is 18.6. The van der Waals surface area contributed by atoms with Crippen LogP contribution in [0.2, 0.25) is 0 Å². The number of para-hydroxylation sites is 3. The van der Waals surface area contributed by atoms with Crippen LogP contribution in [0.4, 0.5) is 10.1 Å². The molecule has 0 atom stereocenters. The molecular formula is C30H24FN3O4. The van der Waals surface area contributed by atoms with E-state index in [1.165, 1.54) is 6.07 Å². The molecule has 2 heterocycles. The van der Waals surface area contributed by atoms with E-state index in [-0.39, 0.29) is 18.3 Å². The maximum absolute atomic E-state index is 14.1. The Morgan fingerprint density at radius 3 is 2.39 bits per heavy atom. The molecule has 0 saturated carbocycles. The summed E-state index contributed by atoms with van der Waals surface area (Å²) < 4.78 is 25.6. The second-order valence-corrected chi connectivity index (χ2v) is 9.09. The van der Waals surface area contributed by atoms with Crippen LogP contribution in [0.3, 0.4) is 0 Å². The van der Waals surface area contributed by atoms with Gasteiger partial charge < -0.3 is 19.0 Å². The topological polar surface area (TPSA) is 75.9 Å². The molecular weight excluding hydrogens is 485 g/mol. The molecule has 1 aliphatic heterocycles. The lowest BCUT2D eigenvalue weighted by Gasteiger charge is -2.36. The number of carbonyl (C=O) groups excluding carboxylic acids is 2. The zero-order valence-electron chi connectivity index (χ0n) is 20.5. The SMILES string of the molecule is O=C(OCC(=O)N1CCN(c2ccccc2F)CC1)c1cccc2cccc(-c3nc4ccccc4o3)c12. The lowest BCUT2D eigenvalue weighted by molar-refractivity contribution is -0.134. The van der Waals surface area contributed by atoms with Crippen molar-refractivity contribution in [2.45, 2.75) is 0 Å². The van der Waals surface area contributed by atoms with E-state index in [1.54, 1.807) is 35.2 Å². The number of rotatable bonds is 5. The molecule has 0 spiro atoms. The van der Waals surface area contributed by atoms with E-state index in [0.29, 0.717) is 59.9 Å². The molecule has 38 heavy (non-hydrogen) atoms. The number of anilines is 1. The van der Waals surface area contributed by atoms with Crippen molar-refractivity contribution in [1.82, 2.24) is 9.88 Å². The Morgan fingerprint density at radius 1 is 0.868 bits per heavy atom. The summed E-state index contributed by atoms with van der Waals surface area (Å²) in [6.45, 7) is 1.46. The molecule has 1 saturated heterocycles. The summed E-state index contributed by atoms with van der Waals surface area (Å²) in [6, 6.07) is 25.1. The molecule has 0 radical (unpaired) electrons. The number of fused-ring (bicyclic) bond motifs is 2. The molecule has 1 aliphatic rings. The molecule has 1 aromatic heterocycles. The smallest absolute Gasteiger partial charge is 0.339 e. The Balaban J connectivity index is 1.17. The molecule has 1 amide bonds. The first kappa shape index (κ1) is 23.7. The average Bonchev–Trinajstić information content (AvgIpc) is 3.40. The van der Waals surface area contributed by atoms with Gasteiger partial charge in [-0.2, -0.15) is 0 Å². The van der Waals surface area contributed by atoms with Crippen LogP contribution in [-0.2, 0) is 9.53 Å². The predicted octanol–water partition coefficient (Wildman–Crippen LogP) is 5.29. The van der Waals surface area contributed by atoms with Crippen LogP contribution in [-0.4, -0.2) is 54.5 Å². The maximum Gasteiger partial charge on any atom is 0.339 e. The second-order valence-electron chi connectivity index (χ2n) is 9.09. The number of hydrogen-bond acceptors (Lipinski definition) is 6. The third-order valence-corrected chi connectivity index (χ3v) is 6.80. The number of esters is 1. The lowest BCUT2D eigenvalue weighted by atomic mass is 9.99. The van der Waals surface area contributed by atoms with Crippen LogP contribution in [0.5, 0.6) is 0 Å². The highest BCUT2D eigenvalue weighted by Crippen LogP contribution is 2.33. The average molecular weight is 510 g/mol. The van der Waals surface area contributed by atoms with Crippen molar-refractivity contribution in [3.05, 3.63) is 96.3 Å². The van der Waals surface area contributed by atoms with E-state index in [4.69, 9.17) is 9.15 Å². The summed E-state index contributed by atoms with van der Waals surface area (Å²) >= 11 is 0. The van der Waals surface area contributed by atoms with Crippen LogP contribution in [0.15, 0.2) is 89.3 Å². The van der Waals surface area contributed by atoms with Gasteiger partial charge in [0.05, 0.1) is 11.3 Å². The van der Waals surface area contributed by atoms with E-state index in [2.05, 4.69) is 4.98 Å². The van der Waals surface area contributed by atoms with Crippen molar-refractivity contribution in [2.75, 3.05) is 37.7 Å². The Kier molecular flexibility index (Phi) is 6.21. The third kappa shape index (κ3) is 4.45. The predicted molar refractivity (Wildman–Crippen MR) is 142 cm³/mol. The van der Waals surface area contributed by atoms with Gasteiger partial charge in [-0.1, -0.05) is 48.5 Å². The van der Waals surface area contributed by atoms with Crippen molar-refractivity contribution in [1.29, 1.82) is 0 Å². The third-order valence-electron chi connectivity index (χ3n) is 6.80. The summed E-state index contributed by atoms with van der Waals surface area (Å²) in [5, 5.41) is 1.48. The van der Waals surface area contributed by atoms with Crippen molar-refractivity contribution in [3.63, 3.8) is 0 Å². The first-order valence-electron chi connectivity index (χ1n) is 12.4. The summed E-state index contributed by atoms with van der Waals surface area (Å²) in [5.74, 6) is -0.766. The number of nitrogens with zero attached hydrogens (tertiary/aromatic N) is 3. The number of piperazine rings is 1. The van der Waals surface area contributed by atoms with E-state index >= 15 is 0 Å². The molecule has 5 aromatic rings. The minimum absolute atomic E-state index is 0.284. The minimum atomic E-state index is -0.600. The summed E-state index contributed by atoms with van der Waals surface area (Å²) in [5.41, 5.74) is 2.90. The normalized spacial score (nSPS) is 13.7. The van der Waals surface area contributed by atoms with Gasteiger partial charge in [0.1, 0.15) is 11.3 Å². The number of benzene rings is 4. The number of hydrogen-bond donors (Lipinski definition) is 0. The van der Waals surface area contributed by atoms with Gasteiger partial charge in [-0.3, -0.25) is 4.79 Å². The Morgan fingerprint density at radius 2 is 1.61 bits per heavy atom. The molecule has 0 N–H and O–H groups in total. The standard InChI is InChI=1S/C30H24FN3O4/c31-23-11-1-3-13-25(23)33-15-17-34(18-16-33)27(35)19-37-30(36)22-10-6-8-20-7-5-9-21(28(20)22)29-32-24-12-2-4-14-26(24)38-29/h1-14H,15-19H2. The van der Waals surface area contributed by atoms with Gasteiger partial charge in [0.2, 0.25) is 5.89 Å².